The second kappa shape index (κ2) is 5.66. The summed E-state index contributed by atoms with van der Waals surface area (Å²) in [5, 5.41) is 9.99. The van der Waals surface area contributed by atoms with Gasteiger partial charge in [-0.1, -0.05) is 11.6 Å². The van der Waals surface area contributed by atoms with Gasteiger partial charge in [-0.15, -0.1) is 0 Å². The third kappa shape index (κ3) is 2.56. The number of rotatable bonds is 3. The largest absolute Gasteiger partial charge is 0.358 e. The number of hydrogen-bond donors (Lipinski definition) is 1. The fraction of sp³-hybridized carbons (Fsp3) is 0.571. The highest BCUT2D eigenvalue weighted by Gasteiger charge is 2.38. The van der Waals surface area contributed by atoms with Crippen LogP contribution in [0, 0.1) is 0 Å². The Kier molecular flexibility index (Phi) is 4.13. The highest BCUT2D eigenvalue weighted by molar-refractivity contribution is 5.95. The second-order valence-corrected chi connectivity index (χ2v) is 5.37. The van der Waals surface area contributed by atoms with Gasteiger partial charge in [0.2, 0.25) is 6.35 Å². The lowest BCUT2D eigenvalue weighted by molar-refractivity contribution is -0.152. The van der Waals surface area contributed by atoms with Crippen molar-refractivity contribution in [3.8, 4) is 0 Å². The van der Waals surface area contributed by atoms with Crippen LogP contribution in [0.25, 0.3) is 0 Å². The van der Waals surface area contributed by atoms with Crippen molar-refractivity contribution in [1.82, 2.24) is 14.7 Å². The number of allylic oxidation sites excluding steroid dienone is 1. The van der Waals surface area contributed by atoms with E-state index in [0.29, 0.717) is 18.1 Å². The molecule has 1 amide bonds. The summed E-state index contributed by atoms with van der Waals surface area (Å²) >= 11 is 0. The molecule has 0 bridgehead atoms. The predicted octanol–water partition coefficient (Wildman–Crippen LogP) is 0.578. The molecule has 2 rings (SSSR count). The van der Waals surface area contributed by atoms with Crippen molar-refractivity contribution in [3.05, 3.63) is 23.2 Å². The number of likely N-dealkylation sites (N-methyl/N-ethyl adjacent to an activating group) is 1. The molecule has 0 radical (unpaired) electrons. The van der Waals surface area contributed by atoms with E-state index >= 15 is 0 Å². The van der Waals surface area contributed by atoms with Crippen LogP contribution < -0.4 is 0 Å². The van der Waals surface area contributed by atoms with Crippen molar-refractivity contribution in [2.75, 3.05) is 27.2 Å². The van der Waals surface area contributed by atoms with Crippen LogP contribution >= 0.6 is 0 Å². The zero-order chi connectivity index (χ0) is 14.9. The smallest absolute Gasteiger partial charge is 0.277 e. The van der Waals surface area contributed by atoms with E-state index in [1.165, 1.54) is 10.5 Å². The van der Waals surface area contributed by atoms with Gasteiger partial charge in [-0.25, -0.2) is 4.99 Å². The van der Waals surface area contributed by atoms with Gasteiger partial charge in [0.15, 0.2) is 5.82 Å². The predicted molar refractivity (Wildman–Crippen MR) is 77.7 cm³/mol. The Bertz CT molecular complexity index is 491. The van der Waals surface area contributed by atoms with E-state index in [9.17, 15) is 9.90 Å². The molecule has 0 saturated heterocycles. The Hall–Kier alpha value is -1.82. The minimum absolute atomic E-state index is 0.181. The molecule has 0 aromatic carbocycles. The lowest BCUT2D eigenvalue weighted by Gasteiger charge is -2.42. The highest BCUT2D eigenvalue weighted by Crippen LogP contribution is 2.27. The summed E-state index contributed by atoms with van der Waals surface area (Å²) < 4.78 is 0. The van der Waals surface area contributed by atoms with Gasteiger partial charge in [-0.05, 0) is 20.3 Å². The first kappa shape index (κ1) is 14.6. The first-order valence-corrected chi connectivity index (χ1v) is 6.76. The van der Waals surface area contributed by atoms with Crippen molar-refractivity contribution in [1.29, 1.82) is 0 Å². The number of hydrogen-bond acceptors (Lipinski definition) is 5. The van der Waals surface area contributed by atoms with Crippen LogP contribution in [0.3, 0.4) is 0 Å². The fourth-order valence-electron chi connectivity index (χ4n) is 2.36. The maximum absolute atomic E-state index is 12.4. The standard InChI is InChI=1S/C14H22N4O2/c1-10(2)6-5-8-18-9-7-15-12-11(18)13(19)17(4)14(20)16(12)3/h6-7,14,20H,5,8-9H2,1-4H3. The minimum atomic E-state index is -0.962. The van der Waals surface area contributed by atoms with Crippen molar-refractivity contribution >= 4 is 12.1 Å². The molecule has 110 valence electrons. The number of nitrogens with zero attached hydrogens (tertiary/aromatic N) is 4. The lowest BCUT2D eigenvalue weighted by atomic mass is 10.2. The molecule has 0 aliphatic carbocycles. The molecule has 0 fully saturated rings. The van der Waals surface area contributed by atoms with Gasteiger partial charge in [0.05, 0.1) is 6.54 Å². The van der Waals surface area contributed by atoms with E-state index in [1.54, 1.807) is 25.2 Å². The van der Waals surface area contributed by atoms with Crippen LogP contribution in [0.2, 0.25) is 0 Å². The molecule has 0 saturated carbocycles. The van der Waals surface area contributed by atoms with E-state index in [-0.39, 0.29) is 5.91 Å². The number of aliphatic imine (C=N–C) groups is 1. The molecule has 6 heteroatoms. The molecule has 0 aromatic heterocycles. The number of aliphatic hydroxyl groups is 1. The molecule has 2 aliphatic heterocycles. The summed E-state index contributed by atoms with van der Waals surface area (Å²) in [4.78, 5) is 21.6. The summed E-state index contributed by atoms with van der Waals surface area (Å²) in [6.45, 7) is 5.51. The summed E-state index contributed by atoms with van der Waals surface area (Å²) in [6.07, 6.45) is 3.86. The Morgan fingerprint density at radius 2 is 2.15 bits per heavy atom. The Morgan fingerprint density at radius 1 is 1.45 bits per heavy atom. The van der Waals surface area contributed by atoms with E-state index in [1.807, 2.05) is 4.90 Å². The van der Waals surface area contributed by atoms with Crippen LogP contribution in [0.1, 0.15) is 20.3 Å². The Labute approximate surface area is 119 Å². The quantitative estimate of drug-likeness (QED) is 0.767. The van der Waals surface area contributed by atoms with Gasteiger partial charge in [-0.2, -0.15) is 0 Å². The molecule has 20 heavy (non-hydrogen) atoms. The average molecular weight is 278 g/mol. The second-order valence-electron chi connectivity index (χ2n) is 5.37. The van der Waals surface area contributed by atoms with Gasteiger partial charge < -0.3 is 14.9 Å². The minimum Gasteiger partial charge on any atom is -0.358 e. The average Bonchev–Trinajstić information content (AvgIpc) is 2.42. The van der Waals surface area contributed by atoms with Gasteiger partial charge >= 0.3 is 0 Å². The number of aliphatic hydroxyl groups excluding tert-OH is 1. The van der Waals surface area contributed by atoms with Gasteiger partial charge in [0.1, 0.15) is 5.70 Å². The zero-order valence-corrected chi connectivity index (χ0v) is 12.5. The molecule has 1 unspecified atom stereocenters. The van der Waals surface area contributed by atoms with Crippen molar-refractivity contribution in [3.63, 3.8) is 0 Å². The van der Waals surface area contributed by atoms with E-state index < -0.39 is 6.35 Å². The maximum Gasteiger partial charge on any atom is 0.277 e. The molecule has 2 heterocycles. The maximum atomic E-state index is 12.4. The van der Waals surface area contributed by atoms with Crippen LogP contribution in [-0.2, 0) is 4.79 Å². The summed E-state index contributed by atoms with van der Waals surface area (Å²) in [7, 11) is 3.33. The number of amides is 1. The monoisotopic (exact) mass is 278 g/mol. The van der Waals surface area contributed by atoms with Gasteiger partial charge in [0.25, 0.3) is 5.91 Å². The van der Waals surface area contributed by atoms with Crippen LogP contribution in [0.5, 0.6) is 0 Å². The molecular formula is C14H22N4O2. The third-order valence-corrected chi connectivity index (χ3v) is 3.55. The van der Waals surface area contributed by atoms with Gasteiger partial charge in [0, 0.05) is 26.9 Å². The molecule has 0 spiro atoms. The van der Waals surface area contributed by atoms with E-state index in [0.717, 1.165) is 13.0 Å². The molecule has 2 aliphatic rings. The van der Waals surface area contributed by atoms with Crippen molar-refractivity contribution in [2.24, 2.45) is 4.99 Å². The molecule has 1 atom stereocenters. The highest BCUT2D eigenvalue weighted by atomic mass is 16.3. The van der Waals surface area contributed by atoms with E-state index in [4.69, 9.17) is 0 Å². The first-order chi connectivity index (χ1) is 9.43. The first-order valence-electron chi connectivity index (χ1n) is 6.76. The van der Waals surface area contributed by atoms with Gasteiger partial charge in [-0.3, -0.25) is 9.69 Å². The van der Waals surface area contributed by atoms with Crippen molar-refractivity contribution in [2.45, 2.75) is 26.6 Å². The Balaban J connectivity index is 2.25. The van der Waals surface area contributed by atoms with E-state index in [2.05, 4.69) is 24.9 Å². The zero-order valence-electron chi connectivity index (χ0n) is 12.5. The normalized spacial score (nSPS) is 22.4. The topological polar surface area (TPSA) is 59.4 Å². The van der Waals surface area contributed by atoms with Crippen LogP contribution in [0.15, 0.2) is 28.2 Å². The molecule has 6 nitrogen and oxygen atoms in total. The lowest BCUT2D eigenvalue weighted by Crippen LogP contribution is -2.55. The summed E-state index contributed by atoms with van der Waals surface area (Å²) in [5.41, 5.74) is 1.84. The molecular weight excluding hydrogens is 256 g/mol. The molecule has 1 N–H and O–H groups in total. The Morgan fingerprint density at radius 3 is 2.80 bits per heavy atom. The van der Waals surface area contributed by atoms with Crippen LogP contribution in [-0.4, -0.2) is 65.5 Å². The SMILES string of the molecule is CC(C)=CCCN1CC=NC2=C1C(=O)N(C)C(O)N2C. The molecule has 0 aromatic rings. The van der Waals surface area contributed by atoms with Crippen molar-refractivity contribution < 1.29 is 9.90 Å². The van der Waals surface area contributed by atoms with Crippen LogP contribution in [0.4, 0.5) is 0 Å². The summed E-state index contributed by atoms with van der Waals surface area (Å²) in [5.74, 6) is 0.365. The fourth-order valence-corrected chi connectivity index (χ4v) is 2.36. The summed E-state index contributed by atoms with van der Waals surface area (Å²) in [6, 6.07) is 0. The number of carbonyl (C=O) groups is 1. The third-order valence-electron chi connectivity index (χ3n) is 3.55. The number of carbonyl (C=O) groups excluding carboxylic acids is 1.